The van der Waals surface area contributed by atoms with Gasteiger partial charge in [0.15, 0.2) is 11.6 Å². The largest absolute Gasteiger partial charge is 0.278 e. The fourth-order valence-corrected chi connectivity index (χ4v) is 9.64. The van der Waals surface area contributed by atoms with Crippen molar-refractivity contribution < 1.29 is 0 Å². The van der Waals surface area contributed by atoms with Gasteiger partial charge in [0.05, 0.1) is 11.0 Å². The summed E-state index contributed by atoms with van der Waals surface area (Å²) >= 11 is 1.80. The van der Waals surface area contributed by atoms with Crippen LogP contribution in [-0.2, 0) is 5.41 Å². The first-order valence-electron chi connectivity index (χ1n) is 17.6. The second-order valence-corrected chi connectivity index (χ2v) is 14.8. The van der Waals surface area contributed by atoms with Crippen LogP contribution in [0.1, 0.15) is 23.6 Å². The Morgan fingerprint density at radius 1 is 0.481 bits per heavy atom. The molecule has 3 aromatic heterocycles. The predicted molar refractivity (Wildman–Crippen MR) is 215 cm³/mol. The maximum absolute atomic E-state index is 5.37. The third kappa shape index (κ3) is 4.11. The molecular weight excluding hydrogens is 653 g/mol. The van der Waals surface area contributed by atoms with E-state index >= 15 is 0 Å². The first-order chi connectivity index (χ1) is 25.7. The van der Waals surface area contributed by atoms with Gasteiger partial charge in [0.2, 0.25) is 5.95 Å². The molecule has 1 aliphatic rings. The number of fused-ring (bicyclic) bond motifs is 9. The number of aromatic nitrogens is 4. The van der Waals surface area contributed by atoms with Crippen LogP contribution in [-0.4, -0.2) is 19.5 Å². The molecule has 3 heterocycles. The first kappa shape index (κ1) is 29.3. The molecule has 0 bridgehead atoms. The molecule has 0 radical (unpaired) electrons. The van der Waals surface area contributed by atoms with Crippen LogP contribution in [0.3, 0.4) is 0 Å². The Hall–Kier alpha value is -6.43. The first-order valence-corrected chi connectivity index (χ1v) is 18.4. The van der Waals surface area contributed by atoms with Crippen LogP contribution in [0.2, 0.25) is 0 Å². The number of para-hydroxylation sites is 1. The highest BCUT2D eigenvalue weighted by atomic mass is 32.1. The van der Waals surface area contributed by atoms with Gasteiger partial charge in [0, 0.05) is 47.5 Å². The van der Waals surface area contributed by atoms with Gasteiger partial charge >= 0.3 is 0 Å². The molecular formula is C47H30N4S. The molecule has 11 rings (SSSR count). The smallest absolute Gasteiger partial charge is 0.238 e. The lowest BCUT2D eigenvalue weighted by Gasteiger charge is -2.28. The van der Waals surface area contributed by atoms with Crippen LogP contribution in [0.4, 0.5) is 0 Å². The van der Waals surface area contributed by atoms with Gasteiger partial charge in [-0.25, -0.2) is 4.98 Å². The van der Waals surface area contributed by atoms with E-state index in [-0.39, 0.29) is 5.41 Å². The van der Waals surface area contributed by atoms with E-state index in [1.807, 2.05) is 18.2 Å². The van der Waals surface area contributed by atoms with Gasteiger partial charge in [-0.05, 0) is 65.1 Å². The maximum Gasteiger partial charge on any atom is 0.238 e. The molecule has 1 atom stereocenters. The molecule has 10 aromatic rings. The normalized spacial score (nSPS) is 15.1. The van der Waals surface area contributed by atoms with E-state index < -0.39 is 0 Å². The molecule has 0 fully saturated rings. The van der Waals surface area contributed by atoms with Crippen LogP contribution in [0.25, 0.3) is 81.8 Å². The highest BCUT2D eigenvalue weighted by Gasteiger charge is 2.41. The van der Waals surface area contributed by atoms with Crippen molar-refractivity contribution in [3.8, 4) is 39.9 Å². The lowest BCUT2D eigenvalue weighted by atomic mass is 9.74. The molecule has 0 aliphatic heterocycles. The molecule has 0 saturated carbocycles. The molecule has 0 saturated heterocycles. The minimum absolute atomic E-state index is 0.298. The van der Waals surface area contributed by atoms with Crippen LogP contribution < -0.4 is 0 Å². The number of hydrogen-bond donors (Lipinski definition) is 0. The van der Waals surface area contributed by atoms with Gasteiger partial charge < -0.3 is 0 Å². The monoisotopic (exact) mass is 682 g/mol. The summed E-state index contributed by atoms with van der Waals surface area (Å²) < 4.78 is 4.71. The average molecular weight is 683 g/mol. The van der Waals surface area contributed by atoms with Crippen molar-refractivity contribution in [3.63, 3.8) is 0 Å². The van der Waals surface area contributed by atoms with E-state index in [2.05, 4.69) is 157 Å². The average Bonchev–Trinajstić information content (AvgIpc) is 3.84. The Kier molecular flexibility index (Phi) is 6.22. The lowest BCUT2D eigenvalue weighted by Crippen LogP contribution is -2.22. The molecule has 1 unspecified atom stereocenters. The molecule has 4 nitrogen and oxygen atoms in total. The van der Waals surface area contributed by atoms with E-state index in [4.69, 9.17) is 15.0 Å². The summed E-state index contributed by atoms with van der Waals surface area (Å²) in [7, 11) is 0. The van der Waals surface area contributed by atoms with E-state index in [0.29, 0.717) is 17.6 Å². The van der Waals surface area contributed by atoms with Crippen LogP contribution in [0.15, 0.2) is 164 Å². The molecule has 5 heteroatoms. The highest BCUT2D eigenvalue weighted by Crippen LogP contribution is 2.54. The topological polar surface area (TPSA) is 43.6 Å². The molecule has 244 valence electrons. The van der Waals surface area contributed by atoms with Gasteiger partial charge in [0.1, 0.15) is 0 Å². The minimum Gasteiger partial charge on any atom is -0.278 e. The standard InChI is InChI=1S/C47H30N4S/c1-47(30-17-6-3-7-18-30)37-23-11-8-19-31(37)35-28-40-36(27-38(35)47)32-20-9-12-24-39(32)51(40)46-49-44(29-15-4-2-5-16-29)48-45(50-46)34-22-14-26-42-43(34)33-21-10-13-25-41(33)52-42/h2-28H,1H3. The quantitative estimate of drug-likeness (QED) is 0.186. The molecule has 0 spiro atoms. The van der Waals surface area contributed by atoms with Crippen molar-refractivity contribution in [1.29, 1.82) is 0 Å². The molecule has 0 amide bonds. The third-order valence-electron chi connectivity index (χ3n) is 11.0. The predicted octanol–water partition coefficient (Wildman–Crippen LogP) is 12.0. The molecule has 1 aliphatic carbocycles. The molecule has 7 aromatic carbocycles. The van der Waals surface area contributed by atoms with E-state index in [0.717, 1.165) is 22.2 Å². The number of hydrogen-bond acceptors (Lipinski definition) is 4. The second kappa shape index (κ2) is 11.0. The summed E-state index contributed by atoms with van der Waals surface area (Å²) in [6.07, 6.45) is 0. The number of rotatable bonds is 4. The Morgan fingerprint density at radius 2 is 1.15 bits per heavy atom. The van der Waals surface area contributed by atoms with E-state index in [1.54, 1.807) is 11.3 Å². The zero-order valence-electron chi connectivity index (χ0n) is 28.3. The van der Waals surface area contributed by atoms with E-state index in [1.165, 1.54) is 58.8 Å². The molecule has 52 heavy (non-hydrogen) atoms. The Morgan fingerprint density at radius 3 is 2.02 bits per heavy atom. The van der Waals surface area contributed by atoms with Gasteiger partial charge in [-0.3, -0.25) is 4.57 Å². The summed E-state index contributed by atoms with van der Waals surface area (Å²) in [5.41, 5.74) is 10.2. The summed E-state index contributed by atoms with van der Waals surface area (Å²) in [5.74, 6) is 1.90. The van der Waals surface area contributed by atoms with Crippen molar-refractivity contribution >= 4 is 53.3 Å². The Balaban J connectivity index is 1.23. The Bertz CT molecular complexity index is 3030. The zero-order valence-corrected chi connectivity index (χ0v) is 29.1. The summed E-state index contributed by atoms with van der Waals surface area (Å²) in [6, 6.07) is 58.5. The maximum atomic E-state index is 5.37. The van der Waals surface area contributed by atoms with Crippen molar-refractivity contribution in [2.24, 2.45) is 0 Å². The highest BCUT2D eigenvalue weighted by molar-refractivity contribution is 7.25. The summed E-state index contributed by atoms with van der Waals surface area (Å²) in [4.78, 5) is 15.8. The van der Waals surface area contributed by atoms with Crippen LogP contribution in [0, 0.1) is 0 Å². The minimum atomic E-state index is -0.298. The van der Waals surface area contributed by atoms with Crippen molar-refractivity contribution in [3.05, 3.63) is 180 Å². The SMILES string of the molecule is CC1(c2ccccc2)c2ccccc2-c2cc3c(cc21)c1ccccc1n3-c1nc(-c2ccccc2)nc(-c2cccc3sc4ccccc4c23)n1. The van der Waals surface area contributed by atoms with E-state index in [9.17, 15) is 0 Å². The number of thiophene rings is 1. The van der Waals surface area contributed by atoms with Gasteiger partial charge in [-0.2, -0.15) is 9.97 Å². The fourth-order valence-electron chi connectivity index (χ4n) is 8.51. The van der Waals surface area contributed by atoms with Crippen molar-refractivity contribution in [2.75, 3.05) is 0 Å². The second-order valence-electron chi connectivity index (χ2n) is 13.7. The Labute approximate surface area is 304 Å². The number of benzene rings is 7. The summed E-state index contributed by atoms with van der Waals surface area (Å²) in [5, 5.41) is 4.74. The van der Waals surface area contributed by atoms with Crippen LogP contribution >= 0.6 is 11.3 Å². The lowest BCUT2D eigenvalue weighted by molar-refractivity contribution is 0.715. The van der Waals surface area contributed by atoms with Gasteiger partial charge in [-0.1, -0.05) is 133 Å². The summed E-state index contributed by atoms with van der Waals surface area (Å²) in [6.45, 7) is 2.37. The van der Waals surface area contributed by atoms with Crippen molar-refractivity contribution in [1.82, 2.24) is 19.5 Å². The zero-order chi connectivity index (χ0) is 34.4. The van der Waals surface area contributed by atoms with Gasteiger partial charge in [0.25, 0.3) is 0 Å². The number of nitrogens with zero attached hydrogens (tertiary/aromatic N) is 4. The van der Waals surface area contributed by atoms with Crippen LogP contribution in [0.5, 0.6) is 0 Å². The third-order valence-corrected chi connectivity index (χ3v) is 12.1. The molecule has 0 N–H and O–H groups in total. The van der Waals surface area contributed by atoms with Crippen molar-refractivity contribution in [2.45, 2.75) is 12.3 Å². The fraction of sp³-hybridized carbons (Fsp3) is 0.0426. The van der Waals surface area contributed by atoms with Gasteiger partial charge in [-0.15, -0.1) is 11.3 Å².